The van der Waals surface area contributed by atoms with Crippen LogP contribution in [0.2, 0.25) is 0 Å². The quantitative estimate of drug-likeness (QED) is 0.594. The summed E-state index contributed by atoms with van der Waals surface area (Å²) in [6, 6.07) is 16.9. The van der Waals surface area contributed by atoms with E-state index >= 15 is 0 Å². The van der Waals surface area contributed by atoms with Crippen molar-refractivity contribution >= 4 is 11.9 Å². The Hall–Kier alpha value is -3.41. The lowest BCUT2D eigenvalue weighted by Gasteiger charge is -2.10. The van der Waals surface area contributed by atoms with Crippen molar-refractivity contribution in [2.24, 2.45) is 0 Å². The lowest BCUT2D eigenvalue weighted by atomic mass is 10.0. The first-order valence-electron chi connectivity index (χ1n) is 9.69. The van der Waals surface area contributed by atoms with Gasteiger partial charge in [0.15, 0.2) is 0 Å². The number of carbonyl (C=O) groups is 2. The second kappa shape index (κ2) is 9.68. The zero-order valence-corrected chi connectivity index (χ0v) is 16.7. The van der Waals surface area contributed by atoms with E-state index < -0.39 is 0 Å². The molecule has 0 atom stereocenters. The molecule has 0 aliphatic rings. The van der Waals surface area contributed by atoms with Gasteiger partial charge in [0.05, 0.1) is 18.3 Å². The lowest BCUT2D eigenvalue weighted by Crippen LogP contribution is -2.26. The molecule has 150 valence electrons. The van der Waals surface area contributed by atoms with Crippen molar-refractivity contribution in [1.82, 2.24) is 15.1 Å². The van der Waals surface area contributed by atoms with Crippen LogP contribution in [0.15, 0.2) is 60.8 Å². The van der Waals surface area contributed by atoms with E-state index in [0.29, 0.717) is 5.56 Å². The Morgan fingerprint density at radius 1 is 1.10 bits per heavy atom. The van der Waals surface area contributed by atoms with Crippen LogP contribution in [0.5, 0.6) is 0 Å². The van der Waals surface area contributed by atoms with Crippen molar-refractivity contribution in [3.8, 4) is 11.3 Å². The van der Waals surface area contributed by atoms with Crippen LogP contribution in [0.3, 0.4) is 0 Å². The molecule has 0 fully saturated rings. The molecular weight excluding hydrogens is 366 g/mol. The maximum absolute atomic E-state index is 12.5. The third-order valence-electron chi connectivity index (χ3n) is 4.58. The number of benzene rings is 2. The van der Waals surface area contributed by atoms with Crippen LogP contribution < -0.4 is 5.32 Å². The van der Waals surface area contributed by atoms with Crippen LogP contribution >= 0.6 is 0 Å². The summed E-state index contributed by atoms with van der Waals surface area (Å²) in [5, 5.41) is 7.14. The Morgan fingerprint density at radius 3 is 2.66 bits per heavy atom. The molecule has 0 radical (unpaired) electrons. The molecule has 3 rings (SSSR count). The summed E-state index contributed by atoms with van der Waals surface area (Å²) >= 11 is 0. The van der Waals surface area contributed by atoms with Gasteiger partial charge >= 0.3 is 5.97 Å². The topological polar surface area (TPSA) is 73.2 Å². The number of amides is 1. The summed E-state index contributed by atoms with van der Waals surface area (Å²) in [6.07, 6.45) is 1.95. The summed E-state index contributed by atoms with van der Waals surface area (Å²) in [6.45, 7) is 5.25. The predicted octanol–water partition coefficient (Wildman–Crippen LogP) is 3.74. The Bertz CT molecular complexity index is 980. The number of nitrogens with one attached hydrogen (secondary N) is 1. The highest BCUT2D eigenvalue weighted by Crippen LogP contribution is 2.24. The lowest BCUT2D eigenvalue weighted by molar-refractivity contribution is -0.144. The molecule has 0 unspecified atom stereocenters. The van der Waals surface area contributed by atoms with Gasteiger partial charge in [0.2, 0.25) is 0 Å². The fraction of sp³-hybridized carbons (Fsp3) is 0.261. The van der Waals surface area contributed by atoms with E-state index in [9.17, 15) is 9.59 Å². The minimum Gasteiger partial charge on any atom is -0.461 e. The Balaban J connectivity index is 1.53. The van der Waals surface area contributed by atoms with E-state index in [4.69, 9.17) is 4.74 Å². The summed E-state index contributed by atoms with van der Waals surface area (Å²) in [4.78, 5) is 24.3. The predicted molar refractivity (Wildman–Crippen MR) is 111 cm³/mol. The Morgan fingerprint density at radius 2 is 1.90 bits per heavy atom. The van der Waals surface area contributed by atoms with Crippen LogP contribution in [0.4, 0.5) is 0 Å². The first kappa shape index (κ1) is 20.3. The maximum atomic E-state index is 12.5. The van der Waals surface area contributed by atoms with E-state index in [2.05, 4.69) is 10.4 Å². The molecule has 0 aliphatic heterocycles. The molecule has 1 amide bonds. The van der Waals surface area contributed by atoms with Gasteiger partial charge in [-0.25, -0.2) is 0 Å². The number of hydrogen-bond donors (Lipinski definition) is 1. The van der Waals surface area contributed by atoms with Gasteiger partial charge < -0.3 is 10.1 Å². The monoisotopic (exact) mass is 391 g/mol. The second-order valence-electron chi connectivity index (χ2n) is 6.72. The van der Waals surface area contributed by atoms with E-state index in [0.717, 1.165) is 28.9 Å². The number of rotatable bonds is 8. The normalized spacial score (nSPS) is 10.6. The van der Waals surface area contributed by atoms with Crippen molar-refractivity contribution < 1.29 is 14.3 Å². The molecule has 6 nitrogen and oxygen atoms in total. The molecule has 3 aromatic rings. The van der Waals surface area contributed by atoms with E-state index in [1.165, 1.54) is 0 Å². The molecule has 0 spiro atoms. The highest BCUT2D eigenvalue weighted by molar-refractivity contribution is 5.95. The number of aromatic nitrogens is 2. The molecule has 0 saturated carbocycles. The van der Waals surface area contributed by atoms with Crippen molar-refractivity contribution in [3.63, 3.8) is 0 Å². The first-order valence-corrected chi connectivity index (χ1v) is 9.69. The van der Waals surface area contributed by atoms with Crippen LogP contribution in [-0.4, -0.2) is 28.2 Å². The molecule has 6 heteroatoms. The van der Waals surface area contributed by atoms with Crippen LogP contribution in [0.25, 0.3) is 11.3 Å². The number of ether oxygens (including phenoxy) is 1. The van der Waals surface area contributed by atoms with Gasteiger partial charge in [-0.2, -0.15) is 5.10 Å². The standard InChI is InChI=1S/C23H25N3O3/c1-3-26-22(17(2)15-25-26)19-10-7-11-20(14-19)23(28)24-13-12-21(27)29-16-18-8-5-4-6-9-18/h4-11,14-15H,3,12-13,16H2,1-2H3,(H,24,28). The summed E-state index contributed by atoms with van der Waals surface area (Å²) in [5.74, 6) is -0.562. The molecule has 1 aromatic heterocycles. The largest absolute Gasteiger partial charge is 0.461 e. The number of nitrogens with zero attached hydrogens (tertiary/aromatic N) is 2. The van der Waals surface area contributed by atoms with Crippen LogP contribution in [0, 0.1) is 6.92 Å². The summed E-state index contributed by atoms with van der Waals surface area (Å²) < 4.78 is 7.13. The molecular formula is C23H25N3O3. The van der Waals surface area contributed by atoms with Crippen molar-refractivity contribution in [1.29, 1.82) is 0 Å². The zero-order valence-electron chi connectivity index (χ0n) is 16.7. The highest BCUT2D eigenvalue weighted by atomic mass is 16.5. The van der Waals surface area contributed by atoms with Gasteiger partial charge in [0.1, 0.15) is 6.61 Å². The second-order valence-corrected chi connectivity index (χ2v) is 6.72. The first-order chi connectivity index (χ1) is 14.1. The van der Waals surface area contributed by atoms with Crippen molar-refractivity contribution in [2.75, 3.05) is 6.54 Å². The van der Waals surface area contributed by atoms with Crippen molar-refractivity contribution in [3.05, 3.63) is 77.5 Å². The molecule has 1 heterocycles. The number of carbonyl (C=O) groups excluding carboxylic acids is 2. The summed E-state index contributed by atoms with van der Waals surface area (Å²) in [7, 11) is 0. The van der Waals surface area contributed by atoms with Gasteiger partial charge in [-0.1, -0.05) is 42.5 Å². The van der Waals surface area contributed by atoms with Gasteiger partial charge in [0.25, 0.3) is 5.91 Å². The highest BCUT2D eigenvalue weighted by Gasteiger charge is 2.12. The molecule has 0 aliphatic carbocycles. The van der Waals surface area contributed by atoms with Gasteiger partial charge in [-0.05, 0) is 37.1 Å². The Labute approximate surface area is 170 Å². The van der Waals surface area contributed by atoms with E-state index in [1.54, 1.807) is 6.07 Å². The molecule has 2 aromatic carbocycles. The van der Waals surface area contributed by atoms with Gasteiger partial charge in [-0.3, -0.25) is 14.3 Å². The molecule has 0 bridgehead atoms. The molecule has 29 heavy (non-hydrogen) atoms. The average molecular weight is 391 g/mol. The van der Waals surface area contributed by atoms with E-state index in [-0.39, 0.29) is 31.4 Å². The third-order valence-corrected chi connectivity index (χ3v) is 4.58. The minimum atomic E-state index is -0.342. The number of esters is 1. The minimum absolute atomic E-state index is 0.125. The zero-order chi connectivity index (χ0) is 20.6. The fourth-order valence-corrected chi connectivity index (χ4v) is 3.09. The average Bonchev–Trinajstić information content (AvgIpc) is 3.13. The van der Waals surface area contributed by atoms with Crippen molar-refractivity contribution in [2.45, 2.75) is 33.4 Å². The van der Waals surface area contributed by atoms with Gasteiger partial charge in [-0.15, -0.1) is 0 Å². The Kier molecular flexibility index (Phi) is 6.79. The molecule has 0 saturated heterocycles. The van der Waals surface area contributed by atoms with Crippen LogP contribution in [-0.2, 0) is 22.7 Å². The SMILES string of the molecule is CCn1ncc(C)c1-c1cccc(C(=O)NCCC(=O)OCc2ccccc2)c1. The maximum Gasteiger partial charge on any atom is 0.307 e. The smallest absolute Gasteiger partial charge is 0.307 e. The fourth-order valence-electron chi connectivity index (χ4n) is 3.09. The molecule has 1 N–H and O–H groups in total. The van der Waals surface area contributed by atoms with E-state index in [1.807, 2.05) is 73.3 Å². The van der Waals surface area contributed by atoms with Crippen LogP contribution in [0.1, 0.15) is 34.8 Å². The third kappa shape index (κ3) is 5.31. The van der Waals surface area contributed by atoms with Gasteiger partial charge in [0, 0.05) is 24.2 Å². The number of aryl methyl sites for hydroxylation is 2. The number of hydrogen-bond acceptors (Lipinski definition) is 4. The summed E-state index contributed by atoms with van der Waals surface area (Å²) in [5.41, 5.74) is 4.49.